The zero-order valence-corrected chi connectivity index (χ0v) is 9.43. The van der Waals surface area contributed by atoms with Crippen molar-refractivity contribution in [1.82, 2.24) is 4.90 Å². The third-order valence-electron chi connectivity index (χ3n) is 2.48. The van der Waals surface area contributed by atoms with Crippen molar-refractivity contribution >= 4 is 11.9 Å². The molecule has 0 amide bonds. The van der Waals surface area contributed by atoms with Gasteiger partial charge >= 0.3 is 11.9 Å². The lowest BCUT2D eigenvalue weighted by atomic mass is 10.0. The van der Waals surface area contributed by atoms with E-state index >= 15 is 0 Å². The minimum absolute atomic E-state index is 0.304. The van der Waals surface area contributed by atoms with Crippen molar-refractivity contribution in [3.63, 3.8) is 0 Å². The number of carboxylic acids is 2. The van der Waals surface area contributed by atoms with Crippen molar-refractivity contribution in [1.29, 1.82) is 0 Å². The van der Waals surface area contributed by atoms with E-state index in [1.165, 1.54) is 0 Å². The molecule has 0 aromatic heterocycles. The first-order valence-corrected chi connectivity index (χ1v) is 4.99. The van der Waals surface area contributed by atoms with Crippen molar-refractivity contribution in [2.45, 2.75) is 32.7 Å². The molecule has 0 aromatic carbocycles. The van der Waals surface area contributed by atoms with Gasteiger partial charge in [0.05, 0.1) is 12.3 Å². The summed E-state index contributed by atoms with van der Waals surface area (Å²) >= 11 is 0. The van der Waals surface area contributed by atoms with E-state index in [4.69, 9.17) is 10.2 Å². The summed E-state index contributed by atoms with van der Waals surface area (Å²) in [5.41, 5.74) is 0. The Bertz CT molecular complexity index is 227. The van der Waals surface area contributed by atoms with Gasteiger partial charge < -0.3 is 15.1 Å². The number of carboxylic acid groups (broad SMARTS) is 2. The smallest absolute Gasteiger partial charge is 0.307 e. The summed E-state index contributed by atoms with van der Waals surface area (Å²) < 4.78 is 0. The minimum atomic E-state index is -1.06. The Morgan fingerprint density at radius 3 is 2.13 bits per heavy atom. The normalized spacial score (nSPS) is 13.1. The molecule has 0 aliphatic rings. The van der Waals surface area contributed by atoms with Crippen molar-refractivity contribution < 1.29 is 19.8 Å². The van der Waals surface area contributed by atoms with Crippen LogP contribution in [0.5, 0.6) is 0 Å². The van der Waals surface area contributed by atoms with Crippen LogP contribution in [0.15, 0.2) is 0 Å². The maximum Gasteiger partial charge on any atom is 0.307 e. The number of hydrogen-bond acceptors (Lipinski definition) is 3. The molecule has 0 fully saturated rings. The molecular formula is C10H19NO4. The highest BCUT2D eigenvalue weighted by Crippen LogP contribution is 2.10. The van der Waals surface area contributed by atoms with Gasteiger partial charge in [-0.05, 0) is 33.9 Å². The van der Waals surface area contributed by atoms with Gasteiger partial charge in [-0.15, -0.1) is 0 Å². The third-order valence-corrected chi connectivity index (χ3v) is 2.48. The van der Waals surface area contributed by atoms with E-state index in [2.05, 4.69) is 0 Å². The van der Waals surface area contributed by atoms with Crippen molar-refractivity contribution in [3.05, 3.63) is 0 Å². The van der Waals surface area contributed by atoms with E-state index in [0.717, 1.165) is 0 Å². The molecule has 15 heavy (non-hydrogen) atoms. The predicted octanol–water partition coefficient (Wildman–Crippen LogP) is 0.892. The summed E-state index contributed by atoms with van der Waals surface area (Å²) in [5.74, 6) is -2.88. The average molecular weight is 217 g/mol. The van der Waals surface area contributed by atoms with Crippen LogP contribution in [0.3, 0.4) is 0 Å². The SMILES string of the molecule is CC(C)N(C)CCC(CC(=O)O)C(=O)O. The number of nitrogens with zero attached hydrogens (tertiary/aromatic N) is 1. The molecule has 0 rings (SSSR count). The lowest BCUT2D eigenvalue weighted by Gasteiger charge is -2.22. The van der Waals surface area contributed by atoms with E-state index in [1.54, 1.807) is 0 Å². The highest BCUT2D eigenvalue weighted by molar-refractivity contribution is 5.77. The summed E-state index contributed by atoms with van der Waals surface area (Å²) in [6.45, 7) is 4.61. The van der Waals surface area contributed by atoms with Gasteiger partial charge in [-0.3, -0.25) is 9.59 Å². The zero-order chi connectivity index (χ0) is 12.0. The molecular weight excluding hydrogens is 198 g/mol. The monoisotopic (exact) mass is 217 g/mol. The van der Waals surface area contributed by atoms with Crippen LogP contribution < -0.4 is 0 Å². The Hall–Kier alpha value is -1.10. The number of aliphatic carboxylic acids is 2. The second kappa shape index (κ2) is 6.40. The van der Waals surface area contributed by atoms with E-state index in [0.29, 0.717) is 19.0 Å². The standard InChI is InChI=1S/C10H19NO4/c1-7(2)11(3)5-4-8(10(14)15)6-9(12)13/h7-8H,4-6H2,1-3H3,(H,12,13)(H,14,15). The molecule has 0 radical (unpaired) electrons. The summed E-state index contributed by atoms with van der Waals surface area (Å²) in [5, 5.41) is 17.3. The first kappa shape index (κ1) is 13.9. The molecule has 2 N–H and O–H groups in total. The Balaban J connectivity index is 4.07. The average Bonchev–Trinajstić information content (AvgIpc) is 2.10. The van der Waals surface area contributed by atoms with Gasteiger partial charge in [0.1, 0.15) is 0 Å². The van der Waals surface area contributed by atoms with Gasteiger partial charge in [0.15, 0.2) is 0 Å². The van der Waals surface area contributed by atoms with Crippen molar-refractivity contribution in [2.75, 3.05) is 13.6 Å². The zero-order valence-electron chi connectivity index (χ0n) is 9.43. The topological polar surface area (TPSA) is 77.8 Å². The second-order valence-corrected chi connectivity index (χ2v) is 4.00. The molecule has 0 aliphatic carbocycles. The van der Waals surface area contributed by atoms with Crippen LogP contribution in [-0.4, -0.2) is 46.7 Å². The molecule has 0 aromatic rings. The fourth-order valence-corrected chi connectivity index (χ4v) is 1.14. The molecule has 0 saturated carbocycles. The fourth-order valence-electron chi connectivity index (χ4n) is 1.14. The maximum absolute atomic E-state index is 10.7. The van der Waals surface area contributed by atoms with Crippen LogP contribution in [0.2, 0.25) is 0 Å². The Morgan fingerprint density at radius 1 is 1.27 bits per heavy atom. The number of carbonyl (C=O) groups is 2. The van der Waals surface area contributed by atoms with E-state index in [-0.39, 0.29) is 6.42 Å². The molecule has 88 valence electrons. The van der Waals surface area contributed by atoms with Gasteiger partial charge in [-0.25, -0.2) is 0 Å². The number of hydrogen-bond donors (Lipinski definition) is 2. The molecule has 0 spiro atoms. The van der Waals surface area contributed by atoms with E-state index in [9.17, 15) is 9.59 Å². The van der Waals surface area contributed by atoms with Crippen molar-refractivity contribution in [2.24, 2.45) is 5.92 Å². The van der Waals surface area contributed by atoms with Crippen LogP contribution in [0.25, 0.3) is 0 Å². The fraction of sp³-hybridized carbons (Fsp3) is 0.800. The molecule has 0 bridgehead atoms. The summed E-state index contributed by atoms with van der Waals surface area (Å²) in [6, 6.07) is 0.337. The highest BCUT2D eigenvalue weighted by atomic mass is 16.4. The molecule has 5 nitrogen and oxygen atoms in total. The Kier molecular flexibility index (Phi) is 5.93. The summed E-state index contributed by atoms with van der Waals surface area (Å²) in [6.07, 6.45) is 0.0670. The van der Waals surface area contributed by atoms with Gasteiger partial charge in [0.2, 0.25) is 0 Å². The molecule has 1 atom stereocenters. The first-order valence-electron chi connectivity index (χ1n) is 4.99. The first-order chi connectivity index (χ1) is 6.84. The second-order valence-electron chi connectivity index (χ2n) is 4.00. The lowest BCUT2D eigenvalue weighted by Crippen LogP contribution is -2.30. The largest absolute Gasteiger partial charge is 0.481 e. The molecule has 0 heterocycles. The van der Waals surface area contributed by atoms with Gasteiger partial charge in [0, 0.05) is 6.04 Å². The van der Waals surface area contributed by atoms with Crippen LogP contribution in [0.1, 0.15) is 26.7 Å². The van der Waals surface area contributed by atoms with Crippen molar-refractivity contribution in [3.8, 4) is 0 Å². The van der Waals surface area contributed by atoms with Crippen LogP contribution in [0, 0.1) is 5.92 Å². The van der Waals surface area contributed by atoms with Gasteiger partial charge in [-0.2, -0.15) is 0 Å². The minimum Gasteiger partial charge on any atom is -0.481 e. The summed E-state index contributed by atoms with van der Waals surface area (Å²) in [7, 11) is 1.89. The molecule has 0 saturated heterocycles. The Labute approximate surface area is 89.7 Å². The number of rotatable bonds is 7. The summed E-state index contributed by atoms with van der Waals surface area (Å²) in [4.78, 5) is 23.1. The third kappa shape index (κ3) is 6.06. The van der Waals surface area contributed by atoms with Crippen LogP contribution in [0.4, 0.5) is 0 Å². The predicted molar refractivity (Wildman–Crippen MR) is 55.8 cm³/mol. The van der Waals surface area contributed by atoms with Gasteiger partial charge in [-0.1, -0.05) is 0 Å². The Morgan fingerprint density at radius 2 is 1.80 bits per heavy atom. The highest BCUT2D eigenvalue weighted by Gasteiger charge is 2.21. The molecule has 0 aliphatic heterocycles. The molecule has 5 heteroatoms. The van der Waals surface area contributed by atoms with Crippen LogP contribution in [-0.2, 0) is 9.59 Å². The van der Waals surface area contributed by atoms with Gasteiger partial charge in [0.25, 0.3) is 0 Å². The van der Waals surface area contributed by atoms with E-state index < -0.39 is 17.9 Å². The van der Waals surface area contributed by atoms with Crippen LogP contribution >= 0.6 is 0 Å². The quantitative estimate of drug-likeness (QED) is 0.662. The van der Waals surface area contributed by atoms with E-state index in [1.807, 2.05) is 25.8 Å². The maximum atomic E-state index is 10.7. The lowest BCUT2D eigenvalue weighted by molar-refractivity contribution is -0.148. The molecule has 1 unspecified atom stereocenters.